The molecule has 1 aliphatic heterocycles. The number of fused-ring (bicyclic) bond motifs is 1. The van der Waals surface area contributed by atoms with Crippen LogP contribution in [0.25, 0.3) is 11.2 Å². The zero-order valence-corrected chi connectivity index (χ0v) is 11.1. The molecule has 114 valence electrons. The quantitative estimate of drug-likeness (QED) is 0.506. The number of hydrogen-bond acceptors (Lipinski definition) is 9. The first-order chi connectivity index (χ1) is 10.1. The zero-order chi connectivity index (χ0) is 15.1. The summed E-state index contributed by atoms with van der Waals surface area (Å²) in [5.41, 5.74) is 6.39. The summed E-state index contributed by atoms with van der Waals surface area (Å²) in [6, 6.07) is 0.0495. The Morgan fingerprint density at radius 1 is 1.38 bits per heavy atom. The first-order valence-electron chi connectivity index (χ1n) is 6.23. The van der Waals surface area contributed by atoms with E-state index in [1.807, 2.05) is 0 Å². The number of rotatable bonds is 3. The number of nitrogens with two attached hydrogens (primary N) is 1. The van der Waals surface area contributed by atoms with E-state index in [0.29, 0.717) is 11.2 Å². The van der Waals surface area contributed by atoms with E-state index in [1.165, 1.54) is 18.0 Å². The molecule has 1 aliphatic rings. The second-order valence-electron chi connectivity index (χ2n) is 4.65. The van der Waals surface area contributed by atoms with Gasteiger partial charge in [-0.15, -0.1) is 0 Å². The molecule has 0 radical (unpaired) electrons. The van der Waals surface area contributed by atoms with Crippen molar-refractivity contribution in [1.82, 2.24) is 19.5 Å². The smallest absolute Gasteiger partial charge is 0.320 e. The second kappa shape index (κ2) is 5.07. The van der Waals surface area contributed by atoms with E-state index in [2.05, 4.69) is 15.0 Å². The highest BCUT2D eigenvalue weighted by Gasteiger charge is 2.44. The number of aliphatic hydroxyl groups is 3. The molecule has 0 aromatic carbocycles. The van der Waals surface area contributed by atoms with Gasteiger partial charge in [0, 0.05) is 0 Å². The lowest BCUT2D eigenvalue weighted by molar-refractivity contribution is -0.0511. The molecule has 21 heavy (non-hydrogen) atoms. The highest BCUT2D eigenvalue weighted by Crippen LogP contribution is 2.32. The number of nitrogens with zero attached hydrogens (tertiary/aromatic N) is 4. The molecule has 10 heteroatoms. The van der Waals surface area contributed by atoms with Crippen molar-refractivity contribution in [3.8, 4) is 6.01 Å². The maximum absolute atomic E-state index is 10.0. The van der Waals surface area contributed by atoms with Crippen molar-refractivity contribution in [1.29, 1.82) is 0 Å². The van der Waals surface area contributed by atoms with Crippen molar-refractivity contribution in [2.24, 2.45) is 0 Å². The van der Waals surface area contributed by atoms with Gasteiger partial charge in [0.2, 0.25) is 0 Å². The van der Waals surface area contributed by atoms with Crippen LogP contribution in [0, 0.1) is 0 Å². The minimum Gasteiger partial charge on any atom is -0.467 e. The van der Waals surface area contributed by atoms with Crippen LogP contribution in [0.4, 0.5) is 5.82 Å². The van der Waals surface area contributed by atoms with Gasteiger partial charge in [-0.3, -0.25) is 4.57 Å². The van der Waals surface area contributed by atoms with Crippen LogP contribution in [-0.4, -0.2) is 66.9 Å². The van der Waals surface area contributed by atoms with Gasteiger partial charge in [-0.05, 0) is 0 Å². The summed E-state index contributed by atoms with van der Waals surface area (Å²) < 4.78 is 11.8. The SMILES string of the molecule is COc1nc(N)c2ncn([C@@H]3O[C@H](CO)[C@H](O)C3O)c2n1. The third-order valence-electron chi connectivity index (χ3n) is 3.40. The maximum Gasteiger partial charge on any atom is 0.320 e. The topological polar surface area (TPSA) is 149 Å². The maximum atomic E-state index is 10.0. The van der Waals surface area contributed by atoms with Crippen LogP contribution in [0.2, 0.25) is 0 Å². The van der Waals surface area contributed by atoms with Gasteiger partial charge < -0.3 is 30.5 Å². The summed E-state index contributed by atoms with van der Waals surface area (Å²) in [4.78, 5) is 12.1. The van der Waals surface area contributed by atoms with Crippen molar-refractivity contribution in [2.75, 3.05) is 19.5 Å². The molecule has 4 atom stereocenters. The molecule has 10 nitrogen and oxygen atoms in total. The summed E-state index contributed by atoms with van der Waals surface area (Å²) in [5.74, 6) is 0.127. The Kier molecular flexibility index (Phi) is 3.37. The van der Waals surface area contributed by atoms with E-state index in [0.717, 1.165) is 0 Å². The predicted octanol–water partition coefficient (Wildman–Crippen LogP) is -1.97. The first-order valence-corrected chi connectivity index (χ1v) is 6.23. The van der Waals surface area contributed by atoms with Crippen molar-refractivity contribution < 1.29 is 24.8 Å². The Balaban J connectivity index is 2.07. The van der Waals surface area contributed by atoms with E-state index in [9.17, 15) is 10.2 Å². The van der Waals surface area contributed by atoms with Crippen LogP contribution in [0.3, 0.4) is 0 Å². The largest absolute Gasteiger partial charge is 0.467 e. The normalized spacial score (nSPS) is 29.1. The number of hydrogen-bond donors (Lipinski definition) is 4. The molecular weight excluding hydrogens is 282 g/mol. The van der Waals surface area contributed by atoms with Crippen molar-refractivity contribution in [3.05, 3.63) is 6.33 Å². The van der Waals surface area contributed by atoms with Gasteiger partial charge in [-0.25, -0.2) is 4.98 Å². The average Bonchev–Trinajstić information content (AvgIpc) is 3.02. The van der Waals surface area contributed by atoms with Crippen LogP contribution in [0.1, 0.15) is 6.23 Å². The number of methoxy groups -OCH3 is 1. The third-order valence-corrected chi connectivity index (χ3v) is 3.40. The molecule has 2 aromatic rings. The van der Waals surface area contributed by atoms with Gasteiger partial charge >= 0.3 is 6.01 Å². The molecule has 0 amide bonds. The predicted molar refractivity (Wildman–Crippen MR) is 69.3 cm³/mol. The zero-order valence-electron chi connectivity index (χ0n) is 11.1. The van der Waals surface area contributed by atoms with Gasteiger partial charge in [0.15, 0.2) is 23.2 Å². The molecule has 3 heterocycles. The summed E-state index contributed by atoms with van der Waals surface area (Å²) in [5, 5.41) is 29.0. The minimum atomic E-state index is -1.23. The fraction of sp³-hybridized carbons (Fsp3) is 0.545. The molecule has 0 aliphatic carbocycles. The van der Waals surface area contributed by atoms with Crippen LogP contribution in [0.5, 0.6) is 6.01 Å². The Morgan fingerprint density at radius 3 is 2.76 bits per heavy atom. The third kappa shape index (κ3) is 2.08. The van der Waals surface area contributed by atoms with Crippen molar-refractivity contribution in [2.45, 2.75) is 24.5 Å². The average molecular weight is 297 g/mol. The molecule has 1 unspecified atom stereocenters. The minimum absolute atomic E-state index is 0.0495. The number of anilines is 1. The number of imidazole rings is 1. The molecule has 2 aromatic heterocycles. The lowest BCUT2D eigenvalue weighted by Crippen LogP contribution is -2.33. The summed E-state index contributed by atoms with van der Waals surface area (Å²) in [7, 11) is 1.40. The molecule has 0 saturated carbocycles. The summed E-state index contributed by atoms with van der Waals surface area (Å²) >= 11 is 0. The van der Waals surface area contributed by atoms with Crippen LogP contribution in [-0.2, 0) is 4.74 Å². The standard InChI is InChI=1S/C11H15N5O5/c1-20-11-14-8(12)5-9(15-11)16(3-13-5)10-7(19)6(18)4(2-17)21-10/h3-4,6-7,10,17-19H,2H2,1H3,(H2,12,14,15)/t4-,6+,7?,10-/m1/s1. The molecule has 0 bridgehead atoms. The molecule has 0 spiro atoms. The van der Waals surface area contributed by atoms with Crippen molar-refractivity contribution >= 4 is 17.0 Å². The van der Waals surface area contributed by atoms with Crippen LogP contribution >= 0.6 is 0 Å². The van der Waals surface area contributed by atoms with E-state index in [4.69, 9.17) is 20.3 Å². The highest BCUT2D eigenvalue weighted by atomic mass is 16.6. The number of ether oxygens (including phenoxy) is 2. The highest BCUT2D eigenvalue weighted by molar-refractivity contribution is 5.82. The fourth-order valence-corrected chi connectivity index (χ4v) is 2.30. The van der Waals surface area contributed by atoms with E-state index < -0.39 is 31.1 Å². The number of aliphatic hydroxyl groups excluding tert-OH is 3. The van der Waals surface area contributed by atoms with Crippen LogP contribution in [0.15, 0.2) is 6.33 Å². The lowest BCUT2D eigenvalue weighted by atomic mass is 10.1. The molecule has 3 rings (SSSR count). The van der Waals surface area contributed by atoms with Gasteiger partial charge in [0.05, 0.1) is 20.0 Å². The fourth-order valence-electron chi connectivity index (χ4n) is 2.30. The molecular formula is C11H15N5O5. The Labute approximate surface area is 118 Å². The summed E-state index contributed by atoms with van der Waals surface area (Å²) in [6.45, 7) is -0.415. The molecule has 5 N–H and O–H groups in total. The second-order valence-corrected chi connectivity index (χ2v) is 4.65. The van der Waals surface area contributed by atoms with Gasteiger partial charge in [-0.1, -0.05) is 0 Å². The monoisotopic (exact) mass is 297 g/mol. The van der Waals surface area contributed by atoms with Crippen molar-refractivity contribution in [3.63, 3.8) is 0 Å². The van der Waals surface area contributed by atoms with Crippen LogP contribution < -0.4 is 10.5 Å². The number of aromatic nitrogens is 4. The Hall–Kier alpha value is -2.01. The molecule has 1 saturated heterocycles. The Morgan fingerprint density at radius 2 is 2.14 bits per heavy atom. The van der Waals surface area contributed by atoms with E-state index in [1.54, 1.807) is 0 Å². The summed E-state index contributed by atoms with van der Waals surface area (Å²) in [6.07, 6.45) is -2.90. The van der Waals surface area contributed by atoms with E-state index >= 15 is 0 Å². The number of nitrogen functional groups attached to an aromatic ring is 1. The van der Waals surface area contributed by atoms with E-state index in [-0.39, 0.29) is 11.8 Å². The van der Waals surface area contributed by atoms with Gasteiger partial charge in [0.1, 0.15) is 18.3 Å². The van der Waals surface area contributed by atoms with Gasteiger partial charge in [-0.2, -0.15) is 9.97 Å². The lowest BCUT2D eigenvalue weighted by Gasteiger charge is -2.16. The first kappa shape index (κ1) is 13.9. The Bertz CT molecular complexity index is 662. The van der Waals surface area contributed by atoms with Gasteiger partial charge in [0.25, 0.3) is 0 Å². The molecule has 1 fully saturated rings.